The van der Waals surface area contributed by atoms with Crippen LogP contribution in [0, 0.1) is 0 Å². The van der Waals surface area contributed by atoms with E-state index >= 15 is 0 Å². The van der Waals surface area contributed by atoms with Crippen molar-refractivity contribution >= 4 is 33.2 Å². The van der Waals surface area contributed by atoms with Gasteiger partial charge in [0.25, 0.3) is 0 Å². The molecule has 0 spiro atoms. The van der Waals surface area contributed by atoms with Gasteiger partial charge in [0.15, 0.2) is 0 Å². The van der Waals surface area contributed by atoms with Crippen molar-refractivity contribution in [3.63, 3.8) is 0 Å². The molecule has 1 aromatic heterocycles. The number of fused-ring (bicyclic) bond motifs is 2. The number of hydrogen-bond acceptors (Lipinski definition) is 4. The Hall–Kier alpha value is -3.11. The molecule has 32 heavy (non-hydrogen) atoms. The maximum atomic E-state index is 4.88. The second-order valence-electron chi connectivity index (χ2n) is 9.15. The molecule has 1 aliphatic carbocycles. The summed E-state index contributed by atoms with van der Waals surface area (Å²) in [6.45, 7) is 0.933. The van der Waals surface area contributed by atoms with Gasteiger partial charge in [0, 0.05) is 49.9 Å². The van der Waals surface area contributed by atoms with Crippen LogP contribution in [-0.2, 0) is 6.54 Å². The van der Waals surface area contributed by atoms with Gasteiger partial charge in [-0.15, -0.1) is 0 Å². The molecule has 5 rings (SSSR count). The van der Waals surface area contributed by atoms with E-state index in [0.717, 1.165) is 17.9 Å². The Kier molecular flexibility index (Phi) is 5.95. The number of hydrogen-bond donors (Lipinski definition) is 2. The Balaban J connectivity index is 1.20. The number of pyridine rings is 1. The number of benzene rings is 3. The zero-order chi connectivity index (χ0) is 21.9. The van der Waals surface area contributed by atoms with Crippen LogP contribution in [0.25, 0.3) is 21.7 Å². The van der Waals surface area contributed by atoms with Crippen LogP contribution in [0.5, 0.6) is 0 Å². The van der Waals surface area contributed by atoms with Gasteiger partial charge in [-0.25, -0.2) is 4.98 Å². The van der Waals surface area contributed by atoms with Gasteiger partial charge in [-0.3, -0.25) is 0 Å². The fourth-order valence-corrected chi connectivity index (χ4v) is 4.95. The van der Waals surface area contributed by atoms with E-state index in [-0.39, 0.29) is 0 Å². The first-order valence-corrected chi connectivity index (χ1v) is 11.7. The monoisotopic (exact) mass is 424 g/mol. The highest BCUT2D eigenvalue weighted by Crippen LogP contribution is 2.29. The quantitative estimate of drug-likeness (QED) is 0.400. The van der Waals surface area contributed by atoms with E-state index in [9.17, 15) is 0 Å². The number of aromatic nitrogens is 1. The van der Waals surface area contributed by atoms with Crippen LogP contribution in [0.1, 0.15) is 31.2 Å². The molecule has 0 bridgehead atoms. The van der Waals surface area contributed by atoms with Crippen molar-refractivity contribution in [1.82, 2.24) is 10.3 Å². The first-order valence-electron chi connectivity index (χ1n) is 11.7. The molecule has 1 heterocycles. The third kappa shape index (κ3) is 4.42. The van der Waals surface area contributed by atoms with Gasteiger partial charge in [0.1, 0.15) is 5.82 Å². The first kappa shape index (κ1) is 20.8. The minimum absolute atomic E-state index is 0.481. The second kappa shape index (κ2) is 9.17. The van der Waals surface area contributed by atoms with Gasteiger partial charge in [-0.2, -0.15) is 0 Å². The van der Waals surface area contributed by atoms with Gasteiger partial charge < -0.3 is 15.5 Å². The number of nitrogens with zero attached hydrogens (tertiary/aromatic N) is 2. The second-order valence-corrected chi connectivity index (χ2v) is 9.15. The molecule has 4 nitrogen and oxygen atoms in total. The van der Waals surface area contributed by atoms with Crippen LogP contribution in [-0.4, -0.2) is 31.2 Å². The van der Waals surface area contributed by atoms with E-state index in [1.807, 2.05) is 0 Å². The lowest BCUT2D eigenvalue weighted by Gasteiger charge is -2.30. The summed E-state index contributed by atoms with van der Waals surface area (Å²) in [6.07, 6.45) is 4.71. The first-order chi connectivity index (χ1) is 15.7. The molecule has 1 saturated carbocycles. The summed E-state index contributed by atoms with van der Waals surface area (Å²) in [5, 5.41) is 11.4. The molecule has 4 aromatic rings. The number of para-hydroxylation sites is 1. The third-order valence-corrected chi connectivity index (χ3v) is 6.72. The molecule has 164 valence electrons. The lowest BCUT2D eigenvalue weighted by atomic mass is 9.91. The fraction of sp³-hybridized carbons (Fsp3) is 0.321. The smallest absolute Gasteiger partial charge is 0.128 e. The van der Waals surface area contributed by atoms with Crippen molar-refractivity contribution in [2.24, 2.45) is 0 Å². The summed E-state index contributed by atoms with van der Waals surface area (Å²) in [4.78, 5) is 7.05. The topological polar surface area (TPSA) is 40.2 Å². The molecular weight excluding hydrogens is 392 g/mol. The molecule has 0 atom stereocenters. The van der Waals surface area contributed by atoms with Gasteiger partial charge in [-0.05, 0) is 48.1 Å². The summed E-state index contributed by atoms with van der Waals surface area (Å²) in [6, 6.07) is 26.9. The summed E-state index contributed by atoms with van der Waals surface area (Å²) in [7, 11) is 4.19. The zero-order valence-corrected chi connectivity index (χ0v) is 19.0. The molecule has 0 amide bonds. The minimum atomic E-state index is 0.481. The van der Waals surface area contributed by atoms with E-state index < -0.39 is 0 Å². The highest BCUT2D eigenvalue weighted by Gasteiger charge is 2.21. The summed E-state index contributed by atoms with van der Waals surface area (Å²) in [5.41, 5.74) is 3.65. The summed E-state index contributed by atoms with van der Waals surface area (Å²) < 4.78 is 0. The predicted molar refractivity (Wildman–Crippen MR) is 137 cm³/mol. The molecule has 0 radical (unpaired) electrons. The van der Waals surface area contributed by atoms with Crippen LogP contribution < -0.4 is 15.5 Å². The van der Waals surface area contributed by atoms with E-state index in [4.69, 9.17) is 4.98 Å². The standard InChI is InChI=1S/C28H32N4/c1-32(2)27-18-28(31-26-13-6-5-12-25(26)27)30-23-16-14-22(15-17-23)29-19-21-10-7-9-20-8-3-4-11-24(20)21/h3-13,18,22-23,29H,14-17,19H2,1-2H3,(H,30,31). The van der Waals surface area contributed by atoms with Crippen molar-refractivity contribution in [1.29, 1.82) is 0 Å². The molecule has 2 N–H and O–H groups in total. The van der Waals surface area contributed by atoms with E-state index in [0.29, 0.717) is 12.1 Å². The molecular formula is C28H32N4. The largest absolute Gasteiger partial charge is 0.377 e. The fourth-order valence-electron chi connectivity index (χ4n) is 4.95. The van der Waals surface area contributed by atoms with Crippen molar-refractivity contribution in [2.45, 2.75) is 44.3 Å². The van der Waals surface area contributed by atoms with Crippen molar-refractivity contribution in [2.75, 3.05) is 24.3 Å². The SMILES string of the molecule is CN(C)c1cc(NC2CCC(NCc3cccc4ccccc34)CC2)nc2ccccc12. The average molecular weight is 425 g/mol. The highest BCUT2D eigenvalue weighted by molar-refractivity contribution is 5.93. The Bertz CT molecular complexity index is 1200. The molecule has 1 aliphatic rings. The molecule has 3 aromatic carbocycles. The van der Waals surface area contributed by atoms with Gasteiger partial charge in [0.2, 0.25) is 0 Å². The number of rotatable bonds is 6. The van der Waals surface area contributed by atoms with E-state index in [1.165, 1.54) is 53.1 Å². The Morgan fingerprint density at radius 2 is 1.50 bits per heavy atom. The maximum absolute atomic E-state index is 4.88. The predicted octanol–water partition coefficient (Wildman–Crippen LogP) is 5.97. The molecule has 0 aliphatic heterocycles. The van der Waals surface area contributed by atoms with E-state index in [2.05, 4.69) is 102 Å². The van der Waals surface area contributed by atoms with Crippen LogP contribution in [0.3, 0.4) is 0 Å². The molecule has 1 fully saturated rings. The van der Waals surface area contributed by atoms with Gasteiger partial charge in [0.05, 0.1) is 5.52 Å². The van der Waals surface area contributed by atoms with Gasteiger partial charge >= 0.3 is 0 Å². The molecule has 0 unspecified atom stereocenters. The number of nitrogens with one attached hydrogen (secondary N) is 2. The zero-order valence-electron chi connectivity index (χ0n) is 19.0. The van der Waals surface area contributed by atoms with Crippen molar-refractivity contribution in [3.8, 4) is 0 Å². The average Bonchev–Trinajstić information content (AvgIpc) is 2.83. The lowest BCUT2D eigenvalue weighted by molar-refractivity contribution is 0.353. The lowest BCUT2D eigenvalue weighted by Crippen LogP contribution is -2.36. The number of anilines is 2. The third-order valence-electron chi connectivity index (χ3n) is 6.72. The molecule has 0 saturated heterocycles. The maximum Gasteiger partial charge on any atom is 0.128 e. The Morgan fingerprint density at radius 1 is 0.812 bits per heavy atom. The van der Waals surface area contributed by atoms with E-state index in [1.54, 1.807) is 0 Å². The van der Waals surface area contributed by atoms with Crippen molar-refractivity contribution in [3.05, 3.63) is 78.4 Å². The van der Waals surface area contributed by atoms with Crippen molar-refractivity contribution < 1.29 is 0 Å². The Labute approximate surface area is 190 Å². The molecule has 4 heteroatoms. The van der Waals surface area contributed by atoms with Crippen LogP contribution >= 0.6 is 0 Å². The Morgan fingerprint density at radius 3 is 2.31 bits per heavy atom. The van der Waals surface area contributed by atoms with Crippen LogP contribution in [0.2, 0.25) is 0 Å². The van der Waals surface area contributed by atoms with Crippen LogP contribution in [0.4, 0.5) is 11.5 Å². The highest BCUT2D eigenvalue weighted by atomic mass is 15.1. The summed E-state index contributed by atoms with van der Waals surface area (Å²) >= 11 is 0. The minimum Gasteiger partial charge on any atom is -0.377 e. The summed E-state index contributed by atoms with van der Waals surface area (Å²) in [5.74, 6) is 0.986. The van der Waals surface area contributed by atoms with Gasteiger partial charge in [-0.1, -0.05) is 60.7 Å². The van der Waals surface area contributed by atoms with Crippen LogP contribution in [0.15, 0.2) is 72.8 Å². The normalized spacial score (nSPS) is 18.7.